The summed E-state index contributed by atoms with van der Waals surface area (Å²) in [6, 6.07) is 17.3. The van der Waals surface area contributed by atoms with Crippen LogP contribution in [0.15, 0.2) is 65.6 Å². The van der Waals surface area contributed by atoms with Crippen LogP contribution in [-0.4, -0.2) is 60.1 Å². The average molecular weight is 444 g/mol. The van der Waals surface area contributed by atoms with Gasteiger partial charge in [0.2, 0.25) is 5.56 Å². The second kappa shape index (κ2) is 9.57. The predicted octanol–water partition coefficient (Wildman–Crippen LogP) is 4.43. The zero-order valence-electron chi connectivity index (χ0n) is 19.3. The van der Waals surface area contributed by atoms with Crippen molar-refractivity contribution in [1.29, 1.82) is 0 Å². The van der Waals surface area contributed by atoms with Gasteiger partial charge in [-0.1, -0.05) is 30.3 Å². The van der Waals surface area contributed by atoms with Crippen LogP contribution < -0.4 is 5.56 Å². The van der Waals surface area contributed by atoms with Crippen molar-refractivity contribution in [2.75, 3.05) is 34.2 Å². The van der Waals surface area contributed by atoms with Crippen LogP contribution in [0, 0.1) is 0 Å². The number of carboxylic acid groups (broad SMARTS) is 1. The van der Waals surface area contributed by atoms with E-state index >= 15 is 0 Å². The highest BCUT2D eigenvalue weighted by molar-refractivity contribution is 6.16. The minimum atomic E-state index is -1.01. The standard InChI is InChI=1S/C27H29N3O3/c1-29(2)10-5-11-30(3)17-18-6-4-7-19(12-18)20-8-9-22-23(13-20)25-16-28-26(31)15-21(25)14-24(22)27(32)33/h4,6-9,12-16H,5,10-11,17H2,1-3H3,(H,28,31)(H,32,33). The summed E-state index contributed by atoms with van der Waals surface area (Å²) in [5.41, 5.74) is 3.26. The summed E-state index contributed by atoms with van der Waals surface area (Å²) in [7, 11) is 6.32. The zero-order valence-corrected chi connectivity index (χ0v) is 19.3. The first-order chi connectivity index (χ1) is 15.8. The highest BCUT2D eigenvalue weighted by atomic mass is 16.4. The first-order valence-electron chi connectivity index (χ1n) is 11.1. The molecule has 0 bridgehead atoms. The number of fused-ring (bicyclic) bond motifs is 3. The van der Waals surface area contributed by atoms with Gasteiger partial charge in [0.1, 0.15) is 0 Å². The maximum Gasteiger partial charge on any atom is 0.336 e. The molecule has 4 rings (SSSR count). The molecule has 0 atom stereocenters. The van der Waals surface area contributed by atoms with Gasteiger partial charge in [0.25, 0.3) is 0 Å². The second-order valence-corrected chi connectivity index (χ2v) is 8.88. The van der Waals surface area contributed by atoms with E-state index in [9.17, 15) is 14.7 Å². The topological polar surface area (TPSA) is 76.6 Å². The minimum Gasteiger partial charge on any atom is -0.478 e. The van der Waals surface area contributed by atoms with Crippen LogP contribution in [0.25, 0.3) is 32.7 Å². The monoisotopic (exact) mass is 443 g/mol. The molecule has 0 amide bonds. The average Bonchev–Trinajstić information content (AvgIpc) is 2.77. The Labute approximate surface area is 193 Å². The molecule has 0 aliphatic heterocycles. The van der Waals surface area contributed by atoms with Crippen molar-refractivity contribution >= 4 is 27.5 Å². The summed E-state index contributed by atoms with van der Waals surface area (Å²) in [4.78, 5) is 30.9. The Bertz CT molecular complexity index is 1370. The van der Waals surface area contributed by atoms with Gasteiger partial charge in [-0.05, 0) is 91.7 Å². The van der Waals surface area contributed by atoms with Crippen molar-refractivity contribution in [3.05, 3.63) is 82.3 Å². The molecule has 0 saturated carbocycles. The summed E-state index contributed by atoms with van der Waals surface area (Å²) in [5.74, 6) is -1.01. The molecule has 0 aliphatic rings. The maximum absolute atomic E-state index is 11.9. The molecule has 0 radical (unpaired) electrons. The molecule has 0 aliphatic carbocycles. The third-order valence-corrected chi connectivity index (χ3v) is 5.94. The molecule has 33 heavy (non-hydrogen) atoms. The Hall–Kier alpha value is -3.48. The van der Waals surface area contributed by atoms with Crippen LogP contribution >= 0.6 is 0 Å². The number of pyridine rings is 1. The summed E-state index contributed by atoms with van der Waals surface area (Å²) < 4.78 is 0. The number of H-pyrrole nitrogens is 1. The van der Waals surface area contributed by atoms with E-state index in [1.54, 1.807) is 12.3 Å². The lowest BCUT2D eigenvalue weighted by Crippen LogP contribution is -2.23. The Morgan fingerprint density at radius 2 is 1.70 bits per heavy atom. The number of nitrogens with one attached hydrogen (secondary N) is 1. The maximum atomic E-state index is 11.9. The van der Waals surface area contributed by atoms with Crippen LogP contribution in [0.2, 0.25) is 0 Å². The first-order valence-corrected chi connectivity index (χ1v) is 11.1. The van der Waals surface area contributed by atoms with Crippen LogP contribution in [0.3, 0.4) is 0 Å². The van der Waals surface area contributed by atoms with Gasteiger partial charge in [-0.2, -0.15) is 0 Å². The molecule has 0 fully saturated rings. The van der Waals surface area contributed by atoms with Crippen LogP contribution in [0.5, 0.6) is 0 Å². The Balaban J connectivity index is 1.70. The van der Waals surface area contributed by atoms with Crippen molar-refractivity contribution in [2.45, 2.75) is 13.0 Å². The van der Waals surface area contributed by atoms with Crippen molar-refractivity contribution in [1.82, 2.24) is 14.8 Å². The fourth-order valence-electron chi connectivity index (χ4n) is 4.33. The lowest BCUT2D eigenvalue weighted by Gasteiger charge is -2.18. The third-order valence-electron chi connectivity index (χ3n) is 5.94. The van der Waals surface area contributed by atoms with E-state index in [-0.39, 0.29) is 11.1 Å². The molecular weight excluding hydrogens is 414 g/mol. The molecule has 6 heteroatoms. The quantitative estimate of drug-likeness (QED) is 0.394. The van der Waals surface area contributed by atoms with Crippen molar-refractivity contribution in [3.8, 4) is 11.1 Å². The van der Waals surface area contributed by atoms with Gasteiger partial charge in [-0.15, -0.1) is 0 Å². The van der Waals surface area contributed by atoms with Crippen molar-refractivity contribution in [2.24, 2.45) is 0 Å². The largest absolute Gasteiger partial charge is 0.478 e. The predicted molar refractivity (Wildman–Crippen MR) is 134 cm³/mol. The third kappa shape index (κ3) is 5.13. The molecule has 4 aromatic rings. The molecule has 0 saturated heterocycles. The molecule has 170 valence electrons. The Kier molecular flexibility index (Phi) is 6.58. The Morgan fingerprint density at radius 1 is 0.909 bits per heavy atom. The lowest BCUT2D eigenvalue weighted by atomic mass is 9.94. The minimum absolute atomic E-state index is 0.197. The molecule has 3 aromatic carbocycles. The lowest BCUT2D eigenvalue weighted by molar-refractivity contribution is 0.0699. The van der Waals surface area contributed by atoms with Gasteiger partial charge in [0, 0.05) is 24.2 Å². The highest BCUT2D eigenvalue weighted by Gasteiger charge is 2.14. The molecule has 1 heterocycles. The van der Waals surface area contributed by atoms with E-state index in [1.807, 2.05) is 18.2 Å². The Morgan fingerprint density at radius 3 is 2.45 bits per heavy atom. The molecule has 0 unspecified atom stereocenters. The number of aromatic nitrogens is 1. The number of benzene rings is 3. The molecule has 6 nitrogen and oxygen atoms in total. The number of aromatic carboxylic acids is 1. The number of hydrogen-bond acceptors (Lipinski definition) is 4. The number of carbonyl (C=O) groups is 1. The summed E-state index contributed by atoms with van der Waals surface area (Å²) in [6.07, 6.45) is 2.78. The normalized spacial score (nSPS) is 11.7. The van der Waals surface area contributed by atoms with E-state index < -0.39 is 5.97 Å². The van der Waals surface area contributed by atoms with E-state index in [1.165, 1.54) is 11.6 Å². The number of aromatic amines is 1. The van der Waals surface area contributed by atoms with Gasteiger partial charge in [0.15, 0.2) is 0 Å². The molecule has 2 N–H and O–H groups in total. The number of hydrogen-bond donors (Lipinski definition) is 2. The van der Waals surface area contributed by atoms with Crippen LogP contribution in [0.4, 0.5) is 0 Å². The van der Waals surface area contributed by atoms with Crippen LogP contribution in [-0.2, 0) is 6.54 Å². The summed E-state index contributed by atoms with van der Waals surface area (Å²) in [5, 5.41) is 12.6. The van der Waals surface area contributed by atoms with Crippen molar-refractivity contribution in [3.63, 3.8) is 0 Å². The van der Waals surface area contributed by atoms with Crippen molar-refractivity contribution < 1.29 is 9.90 Å². The van der Waals surface area contributed by atoms with Gasteiger partial charge >= 0.3 is 5.97 Å². The van der Waals surface area contributed by atoms with Crippen LogP contribution in [0.1, 0.15) is 22.3 Å². The van der Waals surface area contributed by atoms with Gasteiger partial charge in [0.05, 0.1) is 5.56 Å². The van der Waals surface area contributed by atoms with E-state index in [2.05, 4.69) is 60.2 Å². The van der Waals surface area contributed by atoms with Gasteiger partial charge < -0.3 is 19.9 Å². The first kappa shape index (κ1) is 22.7. The second-order valence-electron chi connectivity index (χ2n) is 8.88. The molecule has 1 aromatic heterocycles. The smallest absolute Gasteiger partial charge is 0.336 e. The SMILES string of the molecule is CN(C)CCCN(C)Cc1cccc(-c2ccc3c(C(=O)O)cc4cc(=O)[nH]cc4c3c2)c1. The number of rotatable bonds is 8. The van der Waals surface area contributed by atoms with Gasteiger partial charge in [-0.25, -0.2) is 4.79 Å². The molecular formula is C27H29N3O3. The van der Waals surface area contributed by atoms with E-state index in [0.29, 0.717) is 10.8 Å². The molecule has 0 spiro atoms. The summed E-state index contributed by atoms with van der Waals surface area (Å²) in [6.45, 7) is 2.96. The fourth-order valence-corrected chi connectivity index (χ4v) is 4.33. The summed E-state index contributed by atoms with van der Waals surface area (Å²) >= 11 is 0. The van der Waals surface area contributed by atoms with E-state index in [4.69, 9.17) is 0 Å². The highest BCUT2D eigenvalue weighted by Crippen LogP contribution is 2.32. The fraction of sp³-hybridized carbons (Fsp3) is 0.259. The number of carboxylic acids is 1. The van der Waals surface area contributed by atoms with Gasteiger partial charge in [-0.3, -0.25) is 4.79 Å². The zero-order chi connectivity index (χ0) is 23.5. The number of nitrogens with zero attached hydrogens (tertiary/aromatic N) is 2. The van der Waals surface area contributed by atoms with E-state index in [0.717, 1.165) is 48.0 Å².